The van der Waals surface area contributed by atoms with E-state index in [1.54, 1.807) is 0 Å². The molecule has 2 fully saturated rings. The van der Waals surface area contributed by atoms with Gasteiger partial charge in [-0.15, -0.1) is 0 Å². The molecule has 32 heavy (non-hydrogen) atoms. The van der Waals surface area contributed by atoms with E-state index < -0.39 is 0 Å². The third kappa shape index (κ3) is 4.09. The summed E-state index contributed by atoms with van der Waals surface area (Å²) in [4.78, 5) is 21.6. The molecule has 5 heteroatoms. The Morgan fingerprint density at radius 3 is 2.50 bits per heavy atom. The minimum Gasteiger partial charge on any atom is -0.490 e. The molecular formula is C27H31N3O2. The van der Waals surface area contributed by atoms with Crippen LogP contribution in [0.1, 0.15) is 31.2 Å². The van der Waals surface area contributed by atoms with Crippen LogP contribution >= 0.6 is 0 Å². The third-order valence-electron chi connectivity index (χ3n) is 7.05. The molecule has 3 heterocycles. The van der Waals surface area contributed by atoms with Crippen LogP contribution in [0.5, 0.6) is 5.75 Å². The summed E-state index contributed by atoms with van der Waals surface area (Å²) in [6.07, 6.45) is 5.90. The molecule has 0 spiro atoms. The minimum absolute atomic E-state index is 0.0776. The Kier molecular flexibility index (Phi) is 5.83. The molecule has 5 rings (SSSR count). The van der Waals surface area contributed by atoms with Gasteiger partial charge >= 0.3 is 0 Å². The highest BCUT2D eigenvalue weighted by molar-refractivity contribution is 5.88. The Morgan fingerprint density at radius 2 is 1.78 bits per heavy atom. The number of aromatic nitrogens is 1. The number of pyridine rings is 1. The third-order valence-corrected chi connectivity index (χ3v) is 7.05. The summed E-state index contributed by atoms with van der Waals surface area (Å²) in [6.45, 7) is 4.74. The van der Waals surface area contributed by atoms with Crippen LogP contribution in [0.25, 0.3) is 22.0 Å². The number of aryl methyl sites for hydroxylation is 1. The number of likely N-dealkylation sites (N-methyl/N-ethyl adjacent to an activating group) is 1. The van der Waals surface area contributed by atoms with Gasteiger partial charge < -0.3 is 9.64 Å². The number of rotatable bonds is 4. The summed E-state index contributed by atoms with van der Waals surface area (Å²) in [7, 11) is 2.06. The molecule has 2 saturated heterocycles. The first kappa shape index (κ1) is 21.0. The van der Waals surface area contributed by atoms with Crippen molar-refractivity contribution in [2.45, 2.75) is 44.8 Å². The molecule has 1 atom stereocenters. The molecule has 1 amide bonds. The van der Waals surface area contributed by atoms with Gasteiger partial charge in [0.25, 0.3) is 0 Å². The van der Waals surface area contributed by atoms with Crippen LogP contribution in [0.2, 0.25) is 0 Å². The fourth-order valence-corrected chi connectivity index (χ4v) is 5.14. The van der Waals surface area contributed by atoms with Crippen LogP contribution in [0.4, 0.5) is 0 Å². The van der Waals surface area contributed by atoms with E-state index in [4.69, 9.17) is 4.74 Å². The van der Waals surface area contributed by atoms with Gasteiger partial charge in [0, 0.05) is 37.5 Å². The first-order chi connectivity index (χ1) is 15.6. The number of likely N-dealkylation sites (tertiary alicyclic amines) is 2. The number of fused-ring (bicyclic) bond motifs is 1. The quantitative estimate of drug-likeness (QED) is 0.604. The molecule has 1 aromatic heterocycles. The second-order valence-electron chi connectivity index (χ2n) is 9.12. The summed E-state index contributed by atoms with van der Waals surface area (Å²) in [5.74, 6) is 1.19. The summed E-state index contributed by atoms with van der Waals surface area (Å²) in [5, 5.41) is 1.16. The SMILES string of the molecule is Cc1c(-c2ccc(OC3CCN(C(=O)[C@@H]4CCCN4C)CC3)cc2)ccc2cccnc12. The van der Waals surface area contributed by atoms with Crippen LogP contribution in [0.3, 0.4) is 0 Å². The highest BCUT2D eigenvalue weighted by atomic mass is 16.5. The van der Waals surface area contributed by atoms with Gasteiger partial charge in [0.1, 0.15) is 11.9 Å². The number of carbonyl (C=O) groups is 1. The van der Waals surface area contributed by atoms with E-state index in [-0.39, 0.29) is 12.1 Å². The molecule has 166 valence electrons. The van der Waals surface area contributed by atoms with Crippen molar-refractivity contribution < 1.29 is 9.53 Å². The first-order valence-corrected chi connectivity index (χ1v) is 11.7. The van der Waals surface area contributed by atoms with Crippen molar-refractivity contribution >= 4 is 16.8 Å². The van der Waals surface area contributed by atoms with Crippen LogP contribution < -0.4 is 4.74 Å². The molecule has 0 bridgehead atoms. The van der Waals surface area contributed by atoms with E-state index in [2.05, 4.69) is 66.3 Å². The van der Waals surface area contributed by atoms with E-state index in [0.29, 0.717) is 5.91 Å². The number of hydrogen-bond acceptors (Lipinski definition) is 4. The fourth-order valence-electron chi connectivity index (χ4n) is 5.14. The number of benzene rings is 2. The average molecular weight is 430 g/mol. The van der Waals surface area contributed by atoms with Crippen molar-refractivity contribution in [2.75, 3.05) is 26.7 Å². The molecular weight excluding hydrogens is 398 g/mol. The van der Waals surface area contributed by atoms with Gasteiger partial charge in [-0.3, -0.25) is 14.7 Å². The lowest BCUT2D eigenvalue weighted by molar-refractivity contribution is -0.137. The van der Waals surface area contributed by atoms with Gasteiger partial charge in [0.2, 0.25) is 5.91 Å². The van der Waals surface area contributed by atoms with E-state index in [1.807, 2.05) is 17.2 Å². The zero-order valence-electron chi connectivity index (χ0n) is 19.0. The van der Waals surface area contributed by atoms with Crippen molar-refractivity contribution in [3.8, 4) is 16.9 Å². The highest BCUT2D eigenvalue weighted by Gasteiger charge is 2.33. The van der Waals surface area contributed by atoms with Crippen LogP contribution in [0, 0.1) is 6.92 Å². The number of nitrogens with zero attached hydrogens (tertiary/aromatic N) is 3. The number of ether oxygens (including phenoxy) is 1. The van der Waals surface area contributed by atoms with Gasteiger partial charge in [-0.1, -0.05) is 30.3 Å². The molecule has 0 aliphatic carbocycles. The van der Waals surface area contributed by atoms with Crippen molar-refractivity contribution in [3.05, 3.63) is 60.3 Å². The van der Waals surface area contributed by atoms with Crippen molar-refractivity contribution in [1.82, 2.24) is 14.8 Å². The predicted octanol–water partition coefficient (Wildman–Crippen LogP) is 4.67. The predicted molar refractivity (Wildman–Crippen MR) is 128 cm³/mol. The molecule has 2 aliphatic heterocycles. The average Bonchev–Trinajstić information content (AvgIpc) is 3.26. The number of amides is 1. The Labute approximate surface area is 190 Å². The smallest absolute Gasteiger partial charge is 0.239 e. The zero-order chi connectivity index (χ0) is 22.1. The molecule has 0 N–H and O–H groups in total. The van der Waals surface area contributed by atoms with E-state index in [0.717, 1.165) is 62.0 Å². The Hall–Kier alpha value is -2.92. The molecule has 3 aromatic rings. The fraction of sp³-hybridized carbons (Fsp3) is 0.407. The monoisotopic (exact) mass is 429 g/mol. The summed E-state index contributed by atoms with van der Waals surface area (Å²) in [5.41, 5.74) is 4.62. The van der Waals surface area contributed by atoms with Gasteiger partial charge in [0.05, 0.1) is 11.6 Å². The lowest BCUT2D eigenvalue weighted by Crippen LogP contribution is -2.48. The largest absolute Gasteiger partial charge is 0.490 e. The number of carbonyl (C=O) groups excluding carboxylic acids is 1. The standard InChI is InChI=1S/C27H31N3O2/c1-19-24(12-9-21-5-3-15-28-26(19)21)20-7-10-22(11-8-20)32-23-13-17-30(18-14-23)27(31)25-6-4-16-29(25)2/h3,5,7-12,15,23,25H,4,6,13-14,16-18H2,1-2H3/t25-/m0/s1. The normalized spacial score (nSPS) is 20.1. The molecule has 2 aliphatic rings. The Balaban J connectivity index is 1.21. The van der Waals surface area contributed by atoms with Crippen molar-refractivity contribution in [2.24, 2.45) is 0 Å². The van der Waals surface area contributed by atoms with Gasteiger partial charge in [-0.2, -0.15) is 0 Å². The molecule has 0 saturated carbocycles. The summed E-state index contributed by atoms with van der Waals surface area (Å²) in [6, 6.07) is 16.8. The maximum absolute atomic E-state index is 12.8. The van der Waals surface area contributed by atoms with Crippen LogP contribution in [-0.2, 0) is 4.79 Å². The minimum atomic E-state index is 0.0776. The number of hydrogen-bond donors (Lipinski definition) is 0. The summed E-state index contributed by atoms with van der Waals surface area (Å²) < 4.78 is 6.26. The summed E-state index contributed by atoms with van der Waals surface area (Å²) >= 11 is 0. The lowest BCUT2D eigenvalue weighted by Gasteiger charge is -2.34. The molecule has 2 aromatic carbocycles. The lowest BCUT2D eigenvalue weighted by atomic mass is 9.98. The zero-order valence-corrected chi connectivity index (χ0v) is 19.0. The van der Waals surface area contributed by atoms with Crippen molar-refractivity contribution in [1.29, 1.82) is 0 Å². The van der Waals surface area contributed by atoms with Gasteiger partial charge in [-0.25, -0.2) is 0 Å². The highest BCUT2D eigenvalue weighted by Crippen LogP contribution is 2.30. The maximum Gasteiger partial charge on any atom is 0.239 e. The molecule has 5 nitrogen and oxygen atoms in total. The molecule has 0 radical (unpaired) electrons. The van der Waals surface area contributed by atoms with E-state index in [9.17, 15) is 4.79 Å². The second-order valence-corrected chi connectivity index (χ2v) is 9.12. The maximum atomic E-state index is 12.8. The van der Waals surface area contributed by atoms with E-state index >= 15 is 0 Å². The van der Waals surface area contributed by atoms with E-state index in [1.165, 1.54) is 16.7 Å². The first-order valence-electron chi connectivity index (χ1n) is 11.7. The Bertz CT molecular complexity index is 1100. The van der Waals surface area contributed by atoms with Crippen molar-refractivity contribution in [3.63, 3.8) is 0 Å². The topological polar surface area (TPSA) is 45.7 Å². The molecule has 0 unspecified atom stereocenters. The Morgan fingerprint density at radius 1 is 1.00 bits per heavy atom. The van der Waals surface area contributed by atoms with Crippen LogP contribution in [0.15, 0.2) is 54.7 Å². The second kappa shape index (κ2) is 8.91. The van der Waals surface area contributed by atoms with Gasteiger partial charge in [-0.05, 0) is 68.2 Å². The van der Waals surface area contributed by atoms with Crippen LogP contribution in [-0.4, -0.2) is 59.5 Å². The number of piperidine rings is 1. The van der Waals surface area contributed by atoms with Gasteiger partial charge in [0.15, 0.2) is 0 Å².